The van der Waals surface area contributed by atoms with Crippen LogP contribution < -0.4 is 21.9 Å². The maximum absolute atomic E-state index is 12.2. The number of hydrogen-bond acceptors (Lipinski definition) is 9. The number of carbonyl (C=O) groups is 3. The van der Waals surface area contributed by atoms with Gasteiger partial charge in [-0.05, 0) is 30.7 Å². The Labute approximate surface area is 175 Å². The molecule has 31 heavy (non-hydrogen) atoms. The van der Waals surface area contributed by atoms with Crippen LogP contribution >= 0.6 is 0 Å². The summed E-state index contributed by atoms with van der Waals surface area (Å²) in [7, 11) is 0. The van der Waals surface area contributed by atoms with Crippen LogP contribution in [0.1, 0.15) is 28.9 Å². The highest BCUT2D eigenvalue weighted by molar-refractivity contribution is 5.96. The van der Waals surface area contributed by atoms with Gasteiger partial charge in [0, 0.05) is 17.7 Å². The topological polar surface area (TPSA) is 200 Å². The molecule has 2 heterocycles. The van der Waals surface area contributed by atoms with Crippen molar-refractivity contribution in [2.45, 2.75) is 25.4 Å². The molecule has 0 saturated heterocycles. The number of rotatable bonds is 9. The Balaban J connectivity index is 1.61. The van der Waals surface area contributed by atoms with Gasteiger partial charge in [0.1, 0.15) is 6.29 Å². The fourth-order valence-electron chi connectivity index (χ4n) is 2.72. The van der Waals surface area contributed by atoms with Gasteiger partial charge in [-0.3, -0.25) is 15.0 Å². The number of carboxylic acids is 1. The third-order valence-electron chi connectivity index (χ3n) is 4.29. The van der Waals surface area contributed by atoms with Crippen LogP contribution in [0.4, 0.5) is 11.6 Å². The second kappa shape index (κ2) is 9.43. The number of carboxylic acid groups (broad SMARTS) is 1. The lowest BCUT2D eigenvalue weighted by molar-refractivity contribution is -0.137. The monoisotopic (exact) mass is 424 g/mol. The van der Waals surface area contributed by atoms with E-state index in [4.69, 9.17) is 16.2 Å². The first-order valence-corrected chi connectivity index (χ1v) is 9.23. The molecule has 0 radical (unpaired) electrons. The molecule has 1 atom stereocenters. The summed E-state index contributed by atoms with van der Waals surface area (Å²) in [6.07, 6.45) is 1.86. The van der Waals surface area contributed by atoms with Crippen LogP contribution in [-0.2, 0) is 16.1 Å². The van der Waals surface area contributed by atoms with Gasteiger partial charge in [-0.2, -0.15) is 4.98 Å². The molecule has 12 nitrogen and oxygen atoms in total. The minimum atomic E-state index is -1.04. The van der Waals surface area contributed by atoms with Crippen molar-refractivity contribution in [2.75, 3.05) is 11.1 Å². The second-order valence-electron chi connectivity index (χ2n) is 6.61. The van der Waals surface area contributed by atoms with E-state index in [1.165, 1.54) is 6.20 Å². The molecule has 0 fully saturated rings. The summed E-state index contributed by atoms with van der Waals surface area (Å²) in [6, 6.07) is 5.65. The van der Waals surface area contributed by atoms with E-state index in [1.54, 1.807) is 24.3 Å². The molecule has 3 aromatic rings. The van der Waals surface area contributed by atoms with Crippen LogP contribution in [0.5, 0.6) is 0 Å². The number of carbonyl (C=O) groups excluding carboxylic acids is 2. The molecule has 1 aromatic carbocycles. The highest BCUT2D eigenvalue weighted by Gasteiger charge is 2.14. The van der Waals surface area contributed by atoms with E-state index in [1.807, 2.05) is 0 Å². The quantitative estimate of drug-likeness (QED) is 0.259. The SMILES string of the molecule is N=c1[nH]c(N)nc2ncc(CNc3ccc(C(=O)NC(C=O)CCC(=O)O)cc3)nc12. The number of aliphatic carboxylic acids is 1. The zero-order valence-electron chi connectivity index (χ0n) is 16.3. The van der Waals surface area contributed by atoms with Gasteiger partial charge in [0.2, 0.25) is 5.95 Å². The molecule has 1 amide bonds. The van der Waals surface area contributed by atoms with Crippen molar-refractivity contribution in [1.29, 1.82) is 5.41 Å². The number of nitrogens with two attached hydrogens (primary N) is 1. The van der Waals surface area contributed by atoms with E-state index in [-0.39, 0.29) is 29.9 Å². The van der Waals surface area contributed by atoms with Crippen molar-refractivity contribution in [3.05, 3.63) is 47.2 Å². The van der Waals surface area contributed by atoms with Crippen LogP contribution in [-0.4, -0.2) is 49.2 Å². The number of fused-ring (bicyclic) bond motifs is 1. The Kier molecular flexibility index (Phi) is 6.50. The van der Waals surface area contributed by atoms with Gasteiger partial charge in [-0.25, -0.2) is 9.97 Å². The van der Waals surface area contributed by atoms with Crippen molar-refractivity contribution < 1.29 is 19.5 Å². The summed E-state index contributed by atoms with van der Waals surface area (Å²) in [4.78, 5) is 49.0. The van der Waals surface area contributed by atoms with E-state index >= 15 is 0 Å². The van der Waals surface area contributed by atoms with Crippen LogP contribution in [0.3, 0.4) is 0 Å². The number of anilines is 2. The first-order valence-electron chi connectivity index (χ1n) is 9.23. The predicted octanol–water partition coefficient (Wildman–Crippen LogP) is 0.189. The van der Waals surface area contributed by atoms with Crippen molar-refractivity contribution >= 4 is 41.0 Å². The number of H-pyrrole nitrogens is 1. The van der Waals surface area contributed by atoms with Crippen molar-refractivity contribution in [1.82, 2.24) is 25.3 Å². The van der Waals surface area contributed by atoms with Crippen LogP contribution in [0, 0.1) is 5.41 Å². The largest absolute Gasteiger partial charge is 0.481 e. The summed E-state index contributed by atoms with van der Waals surface area (Å²) in [5.74, 6) is -1.42. The molecule has 0 bridgehead atoms. The van der Waals surface area contributed by atoms with Crippen LogP contribution in [0.15, 0.2) is 30.5 Å². The lowest BCUT2D eigenvalue weighted by Crippen LogP contribution is -2.36. The fourth-order valence-corrected chi connectivity index (χ4v) is 2.72. The van der Waals surface area contributed by atoms with E-state index < -0.39 is 17.9 Å². The number of aromatic amines is 1. The Hall–Kier alpha value is -4.35. The minimum absolute atomic E-state index is 0.0178. The lowest BCUT2D eigenvalue weighted by Gasteiger charge is -2.12. The molecule has 0 aliphatic carbocycles. The maximum Gasteiger partial charge on any atom is 0.303 e. The summed E-state index contributed by atoms with van der Waals surface area (Å²) in [5.41, 5.74) is 7.77. The molecule has 0 aliphatic heterocycles. The predicted molar refractivity (Wildman–Crippen MR) is 110 cm³/mol. The molecule has 0 saturated carbocycles. The average Bonchev–Trinajstić information content (AvgIpc) is 2.75. The van der Waals surface area contributed by atoms with Crippen molar-refractivity contribution in [3.63, 3.8) is 0 Å². The standard InChI is InChI=1S/C19H20N8O4/c20-16-15-17(27-19(21)26-16)23-8-13(24-15)7-22-11-3-1-10(2-4-11)18(31)25-12(9-28)5-6-14(29)30/h1-4,8-9,12,22H,5-7H2,(H,25,31)(H,29,30)(H4,20,21,23,26,27). The molecule has 12 heteroatoms. The van der Waals surface area contributed by atoms with Gasteiger partial charge in [-0.1, -0.05) is 0 Å². The highest BCUT2D eigenvalue weighted by atomic mass is 16.4. The lowest BCUT2D eigenvalue weighted by atomic mass is 10.1. The first kappa shape index (κ1) is 21.4. The number of benzene rings is 1. The molecule has 1 unspecified atom stereocenters. The third-order valence-corrected chi connectivity index (χ3v) is 4.29. The van der Waals surface area contributed by atoms with Crippen LogP contribution in [0.2, 0.25) is 0 Å². The van der Waals surface area contributed by atoms with E-state index in [9.17, 15) is 14.4 Å². The van der Waals surface area contributed by atoms with Gasteiger partial charge in [0.05, 0.1) is 24.5 Å². The molecule has 3 rings (SSSR count). The van der Waals surface area contributed by atoms with Gasteiger partial charge in [-0.15, -0.1) is 0 Å². The first-order chi connectivity index (χ1) is 14.9. The molecule has 160 valence electrons. The summed E-state index contributed by atoms with van der Waals surface area (Å²) < 4.78 is 0. The van der Waals surface area contributed by atoms with E-state index in [0.717, 1.165) is 0 Å². The summed E-state index contributed by atoms with van der Waals surface area (Å²) in [5, 5.41) is 22.2. The number of nitrogens with zero attached hydrogens (tertiary/aromatic N) is 3. The highest BCUT2D eigenvalue weighted by Crippen LogP contribution is 2.12. The van der Waals surface area contributed by atoms with Gasteiger partial charge in [0.25, 0.3) is 5.91 Å². The van der Waals surface area contributed by atoms with Crippen molar-refractivity contribution in [3.8, 4) is 0 Å². The fraction of sp³-hybridized carbons (Fsp3) is 0.211. The number of hydrogen-bond donors (Lipinski definition) is 6. The summed E-state index contributed by atoms with van der Waals surface area (Å²) in [6.45, 7) is 0.320. The zero-order valence-corrected chi connectivity index (χ0v) is 16.3. The zero-order chi connectivity index (χ0) is 22.4. The van der Waals surface area contributed by atoms with Crippen LogP contribution in [0.25, 0.3) is 11.2 Å². The molecular weight excluding hydrogens is 404 g/mol. The molecule has 2 aromatic heterocycles. The van der Waals surface area contributed by atoms with Crippen molar-refractivity contribution in [2.24, 2.45) is 0 Å². The molecule has 0 aliphatic rings. The number of nitrogen functional groups attached to an aromatic ring is 1. The van der Waals surface area contributed by atoms with E-state index in [0.29, 0.717) is 35.3 Å². The number of aldehydes is 1. The number of nitrogens with one attached hydrogen (secondary N) is 4. The average molecular weight is 424 g/mol. The smallest absolute Gasteiger partial charge is 0.303 e. The van der Waals surface area contributed by atoms with Gasteiger partial charge in [0.15, 0.2) is 16.7 Å². The molecule has 0 spiro atoms. The maximum atomic E-state index is 12.2. The summed E-state index contributed by atoms with van der Waals surface area (Å²) >= 11 is 0. The minimum Gasteiger partial charge on any atom is -0.481 e. The van der Waals surface area contributed by atoms with E-state index in [2.05, 4.69) is 30.6 Å². The molecular formula is C19H20N8O4. The van der Waals surface area contributed by atoms with Gasteiger partial charge < -0.3 is 31.3 Å². The molecule has 7 N–H and O–H groups in total. The third kappa shape index (κ3) is 5.59. The Morgan fingerprint density at radius 1 is 1.26 bits per heavy atom. The normalized spacial score (nSPS) is 11.6. The number of amides is 1. The van der Waals surface area contributed by atoms with Gasteiger partial charge >= 0.3 is 5.97 Å². The number of aromatic nitrogens is 4. The Bertz CT molecular complexity index is 1180. The Morgan fingerprint density at radius 3 is 2.68 bits per heavy atom. The Morgan fingerprint density at radius 2 is 2.00 bits per heavy atom. The second-order valence-corrected chi connectivity index (χ2v) is 6.61.